The van der Waals surface area contributed by atoms with Crippen LogP contribution in [-0.2, 0) is 49.6 Å². The summed E-state index contributed by atoms with van der Waals surface area (Å²) >= 11 is 0. The van der Waals surface area contributed by atoms with E-state index in [2.05, 4.69) is 42.5 Å². The van der Waals surface area contributed by atoms with Crippen LogP contribution >= 0.6 is 0 Å². The van der Waals surface area contributed by atoms with Crippen molar-refractivity contribution in [1.29, 1.82) is 0 Å². The van der Waals surface area contributed by atoms with E-state index in [1.54, 1.807) is 30.3 Å². The molecule has 26 heteroatoms. The number of rotatable bonds is 30. The molecule has 0 saturated heterocycles. The normalized spacial score (nSPS) is 14.9. The Balaban J connectivity index is 2.15. The van der Waals surface area contributed by atoms with Gasteiger partial charge in [-0.25, -0.2) is 4.79 Å². The summed E-state index contributed by atoms with van der Waals surface area (Å²) in [6.07, 6.45) is -5.13. The lowest BCUT2D eigenvalue weighted by Crippen LogP contribution is -2.60. The van der Waals surface area contributed by atoms with Crippen LogP contribution in [0.5, 0.6) is 0 Å². The maximum Gasteiger partial charge on any atom is 0.391 e. The molecule has 404 valence electrons. The Morgan fingerprint density at radius 2 is 0.849 bits per heavy atom. The fourth-order valence-corrected chi connectivity index (χ4v) is 6.72. The van der Waals surface area contributed by atoms with Crippen LogP contribution in [0.3, 0.4) is 0 Å². The molecule has 0 aromatic heterocycles. The third-order valence-electron chi connectivity index (χ3n) is 11.0. The SMILES string of the molecule is C[C@H](NC(=O)[C@H](C)NC(=O)[C@H](CC(F)(F)F)NC(=O)[C@H](Cc1ccccc1)NC(=O)[C@H](C)NC(=O)[C@H](C)NC(=O)[C@H](CCCCN)NC(=O)c1ccc(N)cc1)C(=O)N[C@@H](C)C(=O)N[C@@H](CCCCN)C(=O)O. The predicted octanol–water partition coefficient (Wildman–Crippen LogP) is -1.12. The lowest BCUT2D eigenvalue weighted by atomic mass is 10.0. The van der Waals surface area contributed by atoms with Crippen molar-refractivity contribution in [2.45, 2.75) is 147 Å². The van der Waals surface area contributed by atoms with Crippen molar-refractivity contribution in [1.82, 2.24) is 47.9 Å². The lowest BCUT2D eigenvalue weighted by Gasteiger charge is -2.26. The maximum absolute atomic E-state index is 13.9. The molecule has 0 aliphatic carbocycles. The number of hydrogen-bond acceptors (Lipinski definition) is 13. The maximum atomic E-state index is 13.9. The van der Waals surface area contributed by atoms with E-state index in [9.17, 15) is 66.2 Å². The number of carbonyl (C=O) groups is 10. The molecule has 2 rings (SSSR count). The minimum Gasteiger partial charge on any atom is -0.480 e. The fourth-order valence-electron chi connectivity index (χ4n) is 6.72. The average molecular weight is 1040 g/mol. The molecule has 0 bridgehead atoms. The Labute approximate surface area is 420 Å². The van der Waals surface area contributed by atoms with Crippen LogP contribution in [0.15, 0.2) is 54.6 Å². The first-order valence-electron chi connectivity index (χ1n) is 23.6. The molecule has 73 heavy (non-hydrogen) atoms. The summed E-state index contributed by atoms with van der Waals surface area (Å²) in [6, 6.07) is 0.592. The number of aliphatic carboxylic acids is 1. The summed E-state index contributed by atoms with van der Waals surface area (Å²) in [5, 5.41) is 30.3. The molecule has 9 atom stereocenters. The second-order valence-corrected chi connectivity index (χ2v) is 17.4. The first kappa shape index (κ1) is 61.8. The highest BCUT2D eigenvalue weighted by Crippen LogP contribution is 2.22. The number of carbonyl (C=O) groups excluding carboxylic acids is 9. The monoisotopic (exact) mass is 1030 g/mol. The first-order chi connectivity index (χ1) is 34.3. The molecule has 16 N–H and O–H groups in total. The summed E-state index contributed by atoms with van der Waals surface area (Å²) < 4.78 is 41.7. The van der Waals surface area contributed by atoms with Gasteiger partial charge in [0.2, 0.25) is 47.3 Å². The zero-order chi connectivity index (χ0) is 55.0. The molecule has 0 aliphatic heterocycles. The Morgan fingerprint density at radius 3 is 1.27 bits per heavy atom. The van der Waals surface area contributed by atoms with Crippen molar-refractivity contribution in [3.05, 3.63) is 65.7 Å². The van der Waals surface area contributed by atoms with E-state index in [4.69, 9.17) is 17.2 Å². The number of amides is 9. The van der Waals surface area contributed by atoms with E-state index in [0.29, 0.717) is 50.0 Å². The predicted molar refractivity (Wildman–Crippen MR) is 260 cm³/mol. The molecular weight excluding hydrogens is 966 g/mol. The molecule has 23 nitrogen and oxygen atoms in total. The Kier molecular flexibility index (Phi) is 25.8. The topological polar surface area (TPSA) is 377 Å². The Morgan fingerprint density at radius 1 is 0.479 bits per heavy atom. The number of nitrogens with two attached hydrogens (primary N) is 3. The quantitative estimate of drug-likeness (QED) is 0.0326. The summed E-state index contributed by atoms with van der Waals surface area (Å²) in [4.78, 5) is 130. The van der Waals surface area contributed by atoms with Gasteiger partial charge in [0.1, 0.15) is 54.4 Å². The van der Waals surface area contributed by atoms with Crippen LogP contribution in [0.1, 0.15) is 95.5 Å². The van der Waals surface area contributed by atoms with E-state index < -0.39 is 126 Å². The molecular formula is C47H69F3N12O11. The minimum absolute atomic E-state index is 0.0787. The van der Waals surface area contributed by atoms with Gasteiger partial charge in [-0.2, -0.15) is 13.2 Å². The van der Waals surface area contributed by atoms with Gasteiger partial charge in [-0.3, -0.25) is 43.2 Å². The average Bonchev–Trinajstić information content (AvgIpc) is 3.32. The first-order valence-corrected chi connectivity index (χ1v) is 23.6. The highest BCUT2D eigenvalue weighted by Gasteiger charge is 2.39. The summed E-state index contributed by atoms with van der Waals surface area (Å²) in [6.45, 7) is 6.73. The van der Waals surface area contributed by atoms with E-state index in [0.717, 1.165) is 6.92 Å². The van der Waals surface area contributed by atoms with Gasteiger partial charge >= 0.3 is 12.1 Å². The molecule has 0 saturated carbocycles. The number of alkyl halides is 3. The number of carboxylic acids is 1. The molecule has 2 aromatic rings. The fraction of sp³-hybridized carbons (Fsp3) is 0.532. The van der Waals surface area contributed by atoms with Crippen molar-refractivity contribution >= 4 is 64.8 Å². The van der Waals surface area contributed by atoms with Gasteiger partial charge < -0.3 is 70.2 Å². The van der Waals surface area contributed by atoms with Crippen molar-refractivity contribution < 1.29 is 66.2 Å². The minimum atomic E-state index is -5.05. The third kappa shape index (κ3) is 22.7. The van der Waals surface area contributed by atoms with Crippen LogP contribution in [0.2, 0.25) is 0 Å². The van der Waals surface area contributed by atoms with E-state index in [-0.39, 0.29) is 24.8 Å². The second kappa shape index (κ2) is 30.5. The number of anilines is 1. The zero-order valence-corrected chi connectivity index (χ0v) is 41.4. The molecule has 0 unspecified atom stereocenters. The lowest BCUT2D eigenvalue weighted by molar-refractivity contribution is -0.152. The number of carboxylic acid groups (broad SMARTS) is 1. The molecule has 0 radical (unpaired) electrons. The molecule has 0 fully saturated rings. The van der Waals surface area contributed by atoms with Gasteiger partial charge in [0.15, 0.2) is 0 Å². The van der Waals surface area contributed by atoms with Gasteiger partial charge in [-0.05, 0) is 116 Å². The highest BCUT2D eigenvalue weighted by molar-refractivity contribution is 6.00. The van der Waals surface area contributed by atoms with Crippen LogP contribution < -0.4 is 65.1 Å². The van der Waals surface area contributed by atoms with Crippen LogP contribution in [0, 0.1) is 0 Å². The van der Waals surface area contributed by atoms with Crippen molar-refractivity contribution in [3.63, 3.8) is 0 Å². The van der Waals surface area contributed by atoms with Gasteiger partial charge in [-0.1, -0.05) is 30.3 Å². The molecule has 9 amide bonds. The summed E-state index contributed by atoms with van der Waals surface area (Å²) in [5.41, 5.74) is 17.8. The third-order valence-corrected chi connectivity index (χ3v) is 11.0. The van der Waals surface area contributed by atoms with Gasteiger partial charge in [-0.15, -0.1) is 0 Å². The van der Waals surface area contributed by atoms with Crippen LogP contribution in [0.25, 0.3) is 0 Å². The van der Waals surface area contributed by atoms with Crippen LogP contribution in [-0.4, -0.2) is 138 Å². The van der Waals surface area contributed by atoms with Gasteiger partial charge in [0.25, 0.3) is 5.91 Å². The number of halogens is 3. The number of nitrogens with one attached hydrogen (secondary N) is 9. The number of benzene rings is 2. The molecule has 2 aromatic carbocycles. The summed E-state index contributed by atoms with van der Waals surface area (Å²) in [5.74, 6) is -9.99. The van der Waals surface area contributed by atoms with E-state index in [1.165, 1.54) is 52.0 Å². The number of unbranched alkanes of at least 4 members (excludes halogenated alkanes) is 2. The number of hydrogen-bond donors (Lipinski definition) is 13. The zero-order valence-electron chi connectivity index (χ0n) is 41.4. The van der Waals surface area contributed by atoms with Crippen LogP contribution in [0.4, 0.5) is 18.9 Å². The summed E-state index contributed by atoms with van der Waals surface area (Å²) in [7, 11) is 0. The van der Waals surface area contributed by atoms with Crippen molar-refractivity contribution in [2.75, 3.05) is 18.8 Å². The molecule has 0 spiro atoms. The van der Waals surface area contributed by atoms with Crippen molar-refractivity contribution in [2.24, 2.45) is 11.5 Å². The smallest absolute Gasteiger partial charge is 0.391 e. The van der Waals surface area contributed by atoms with Gasteiger partial charge in [0, 0.05) is 17.7 Å². The van der Waals surface area contributed by atoms with Crippen molar-refractivity contribution in [3.8, 4) is 0 Å². The second-order valence-electron chi connectivity index (χ2n) is 17.4. The largest absolute Gasteiger partial charge is 0.480 e. The van der Waals surface area contributed by atoms with Gasteiger partial charge in [0.05, 0.1) is 6.42 Å². The Hall–Kier alpha value is -7.35. The van der Waals surface area contributed by atoms with E-state index >= 15 is 0 Å². The van der Waals surface area contributed by atoms with E-state index in [1.807, 2.05) is 5.32 Å². The molecule has 0 aliphatic rings. The number of nitrogen functional groups attached to an aromatic ring is 1. The highest BCUT2D eigenvalue weighted by atomic mass is 19.4. The Bertz CT molecular complexity index is 2210. The standard InChI is InChI=1S/C47H69F3N12O11/c1-25(37(63)55-28(4)40(66)60-34(46(72)73)16-10-12-22-52)54-39(65)27(3)58-45(71)36(24-47(48,49)50)62-44(70)35(23-30-13-7-6-8-14-30)61-41(67)29(5)56-38(64)26(2)57-43(69)33(15-9-11-21-51)59-42(68)31-17-19-32(53)20-18-31/h6-8,13-14,17-20,25-29,33-36H,9-12,15-16,21-24,51-53H2,1-5H3,(H,54,65)(H,55,63)(H,56,64)(H,57,69)(H,58,71)(H,59,68)(H,60,66)(H,61,67)(H,62,70)(H,72,73)/t25-,26-,27-,28-,29-,33-,34-,35-,36-/m0/s1. The molecule has 0 heterocycles.